The first-order valence-corrected chi connectivity index (χ1v) is 9.67. The Bertz CT molecular complexity index is 1120. The second-order valence-electron chi connectivity index (χ2n) is 7.89. The molecule has 1 aliphatic rings. The molecular formula is C24H24N2O3. The minimum absolute atomic E-state index is 0.130. The molecule has 1 N–H and O–H groups in total. The number of para-hydroxylation sites is 2. The van der Waals surface area contributed by atoms with E-state index >= 15 is 0 Å². The molecule has 0 saturated heterocycles. The average molecular weight is 388 g/mol. The molecule has 0 unspecified atom stereocenters. The van der Waals surface area contributed by atoms with Crippen LogP contribution in [0.25, 0.3) is 10.9 Å². The third-order valence-electron chi connectivity index (χ3n) is 5.62. The molecule has 2 heterocycles. The van der Waals surface area contributed by atoms with E-state index in [-0.39, 0.29) is 24.2 Å². The van der Waals surface area contributed by atoms with Crippen LogP contribution < -0.4 is 4.90 Å². The number of fused-ring (bicyclic) bond motifs is 2. The monoisotopic (exact) mass is 388 g/mol. The molecule has 0 radical (unpaired) electrons. The minimum atomic E-state index is -0.413. The van der Waals surface area contributed by atoms with E-state index in [1.54, 1.807) is 6.08 Å². The normalized spacial score (nSPS) is 16.2. The number of carbonyl (C=O) groups excluding carboxylic acids is 2. The van der Waals surface area contributed by atoms with Crippen LogP contribution in [0.3, 0.4) is 0 Å². The summed E-state index contributed by atoms with van der Waals surface area (Å²) in [4.78, 5) is 29.9. The second-order valence-corrected chi connectivity index (χ2v) is 7.89. The molecule has 2 aromatic carbocycles. The largest absolute Gasteiger partial charge is 0.457 e. The standard InChI is InChI=1S/C24H24N2O3/c1-24(2)19-9-5-7-11-21(19)26(3)22(24)13-17(27)15-29-23(28)12-16-14-25-20-10-6-4-8-18(16)20/h4-11,13-14,25H,12,15H2,1-3H3/b22-13+. The van der Waals surface area contributed by atoms with Gasteiger partial charge in [-0.2, -0.15) is 0 Å². The summed E-state index contributed by atoms with van der Waals surface area (Å²) in [7, 11) is 1.95. The van der Waals surface area contributed by atoms with Crippen molar-refractivity contribution < 1.29 is 14.3 Å². The van der Waals surface area contributed by atoms with Gasteiger partial charge >= 0.3 is 5.97 Å². The number of ketones is 1. The number of hydrogen-bond donors (Lipinski definition) is 1. The predicted octanol–water partition coefficient (Wildman–Crippen LogP) is 4.13. The van der Waals surface area contributed by atoms with E-state index in [0.29, 0.717) is 0 Å². The number of carbonyl (C=O) groups is 2. The van der Waals surface area contributed by atoms with Gasteiger partial charge in [0, 0.05) is 47.0 Å². The van der Waals surface area contributed by atoms with Crippen molar-refractivity contribution in [2.24, 2.45) is 0 Å². The highest BCUT2D eigenvalue weighted by atomic mass is 16.5. The second kappa shape index (κ2) is 7.24. The van der Waals surface area contributed by atoms with Crippen molar-refractivity contribution in [2.75, 3.05) is 18.6 Å². The lowest BCUT2D eigenvalue weighted by Gasteiger charge is -2.23. The third-order valence-corrected chi connectivity index (χ3v) is 5.62. The molecule has 3 aromatic rings. The number of aromatic nitrogens is 1. The van der Waals surface area contributed by atoms with Crippen LogP contribution in [0, 0.1) is 0 Å². The zero-order valence-corrected chi connectivity index (χ0v) is 16.9. The van der Waals surface area contributed by atoms with Crippen LogP contribution in [0.5, 0.6) is 0 Å². The molecule has 5 heteroatoms. The number of nitrogens with zero attached hydrogens (tertiary/aromatic N) is 1. The van der Waals surface area contributed by atoms with E-state index in [1.165, 1.54) is 5.56 Å². The predicted molar refractivity (Wildman–Crippen MR) is 114 cm³/mol. The molecule has 0 atom stereocenters. The van der Waals surface area contributed by atoms with Gasteiger partial charge in [0.25, 0.3) is 0 Å². The first-order valence-electron chi connectivity index (χ1n) is 9.67. The number of likely N-dealkylation sites (N-methyl/N-ethyl adjacent to an activating group) is 1. The summed E-state index contributed by atoms with van der Waals surface area (Å²) in [5.74, 6) is -0.635. The van der Waals surface area contributed by atoms with E-state index < -0.39 is 5.97 Å². The maximum atomic E-state index is 12.5. The molecule has 148 valence electrons. The van der Waals surface area contributed by atoms with Gasteiger partial charge in [0.15, 0.2) is 12.4 Å². The number of hydrogen-bond acceptors (Lipinski definition) is 4. The van der Waals surface area contributed by atoms with Crippen molar-refractivity contribution in [3.63, 3.8) is 0 Å². The van der Waals surface area contributed by atoms with E-state index in [9.17, 15) is 9.59 Å². The molecule has 0 fully saturated rings. The number of benzene rings is 2. The van der Waals surface area contributed by atoms with Crippen LogP contribution in [0.2, 0.25) is 0 Å². The number of H-pyrrole nitrogens is 1. The molecule has 1 aromatic heterocycles. The molecule has 1 aliphatic heterocycles. The number of anilines is 1. The summed E-state index contributed by atoms with van der Waals surface area (Å²) in [5, 5.41) is 0.991. The van der Waals surface area contributed by atoms with Gasteiger partial charge in [0.2, 0.25) is 0 Å². The van der Waals surface area contributed by atoms with Gasteiger partial charge in [0.1, 0.15) is 0 Å². The van der Waals surface area contributed by atoms with Gasteiger partial charge in [-0.1, -0.05) is 50.2 Å². The number of ether oxygens (including phenoxy) is 1. The van der Waals surface area contributed by atoms with Gasteiger partial charge in [-0.15, -0.1) is 0 Å². The topological polar surface area (TPSA) is 62.4 Å². The van der Waals surface area contributed by atoms with E-state index in [1.807, 2.05) is 60.6 Å². The molecule has 4 rings (SSSR count). The fourth-order valence-electron chi connectivity index (χ4n) is 4.09. The third kappa shape index (κ3) is 3.44. The first-order chi connectivity index (χ1) is 13.9. The average Bonchev–Trinajstić information content (AvgIpc) is 3.20. The smallest absolute Gasteiger partial charge is 0.310 e. The van der Waals surface area contributed by atoms with E-state index in [0.717, 1.165) is 27.9 Å². The molecule has 0 spiro atoms. The van der Waals surface area contributed by atoms with Gasteiger partial charge in [-0.05, 0) is 23.3 Å². The fourth-order valence-corrected chi connectivity index (χ4v) is 4.09. The van der Waals surface area contributed by atoms with Gasteiger partial charge in [-0.3, -0.25) is 9.59 Å². The molecule has 0 amide bonds. The molecule has 0 aliphatic carbocycles. The van der Waals surface area contributed by atoms with Crippen LogP contribution in [-0.2, 0) is 26.2 Å². The molecule has 5 nitrogen and oxygen atoms in total. The SMILES string of the molecule is CN1/C(=C/C(=O)COC(=O)Cc2c[nH]c3ccccc23)C(C)(C)c2ccccc21. The summed E-state index contributed by atoms with van der Waals surface area (Å²) >= 11 is 0. The van der Waals surface area contributed by atoms with E-state index in [4.69, 9.17) is 4.74 Å². The molecular weight excluding hydrogens is 364 g/mol. The number of esters is 1. The number of rotatable bonds is 5. The van der Waals surface area contributed by atoms with Crippen molar-refractivity contribution in [3.8, 4) is 0 Å². The van der Waals surface area contributed by atoms with Crippen LogP contribution in [0.1, 0.15) is 25.0 Å². The Labute approximate surface area is 170 Å². The Kier molecular flexibility index (Phi) is 4.74. The van der Waals surface area contributed by atoms with E-state index in [2.05, 4.69) is 24.9 Å². The number of allylic oxidation sites excluding steroid dienone is 1. The Morgan fingerprint density at radius 2 is 1.83 bits per heavy atom. The zero-order valence-electron chi connectivity index (χ0n) is 16.9. The maximum absolute atomic E-state index is 12.5. The molecule has 0 bridgehead atoms. The minimum Gasteiger partial charge on any atom is -0.457 e. The van der Waals surface area contributed by atoms with Crippen molar-refractivity contribution >= 4 is 28.3 Å². The molecule has 0 saturated carbocycles. The van der Waals surface area contributed by atoms with Crippen molar-refractivity contribution in [3.05, 3.63) is 77.6 Å². The first kappa shape index (κ1) is 19.0. The van der Waals surface area contributed by atoms with Crippen molar-refractivity contribution in [2.45, 2.75) is 25.7 Å². The maximum Gasteiger partial charge on any atom is 0.310 e. The summed E-state index contributed by atoms with van der Waals surface area (Å²) < 4.78 is 5.25. The fraction of sp³-hybridized carbons (Fsp3) is 0.250. The lowest BCUT2D eigenvalue weighted by molar-refractivity contribution is -0.146. The Morgan fingerprint density at radius 1 is 1.10 bits per heavy atom. The zero-order chi connectivity index (χ0) is 20.6. The Hall–Kier alpha value is -3.34. The van der Waals surface area contributed by atoms with Gasteiger partial charge in [0.05, 0.1) is 6.42 Å². The summed E-state index contributed by atoms with van der Waals surface area (Å²) in [6.45, 7) is 3.93. The van der Waals surface area contributed by atoms with Crippen LogP contribution in [0.4, 0.5) is 5.69 Å². The van der Waals surface area contributed by atoms with Crippen LogP contribution >= 0.6 is 0 Å². The highest BCUT2D eigenvalue weighted by molar-refractivity contribution is 5.95. The molecule has 29 heavy (non-hydrogen) atoms. The van der Waals surface area contributed by atoms with Crippen LogP contribution in [0.15, 0.2) is 66.5 Å². The summed E-state index contributed by atoms with van der Waals surface area (Å²) in [5.41, 5.74) is 4.72. The highest BCUT2D eigenvalue weighted by Gasteiger charge is 2.38. The highest BCUT2D eigenvalue weighted by Crippen LogP contribution is 2.46. The lowest BCUT2D eigenvalue weighted by atomic mass is 9.83. The van der Waals surface area contributed by atoms with Crippen molar-refractivity contribution in [1.29, 1.82) is 0 Å². The summed E-state index contributed by atoms with van der Waals surface area (Å²) in [6.07, 6.45) is 3.53. The quantitative estimate of drug-likeness (QED) is 0.527. The van der Waals surface area contributed by atoms with Gasteiger partial charge in [-0.25, -0.2) is 0 Å². The van der Waals surface area contributed by atoms with Gasteiger partial charge < -0.3 is 14.6 Å². The number of aromatic amines is 1. The van der Waals surface area contributed by atoms with Crippen LogP contribution in [-0.4, -0.2) is 30.4 Å². The lowest BCUT2D eigenvalue weighted by Crippen LogP contribution is -2.25. The Balaban J connectivity index is 1.42. The Morgan fingerprint density at radius 3 is 2.62 bits per heavy atom. The summed E-state index contributed by atoms with van der Waals surface area (Å²) in [6, 6.07) is 15.9. The number of nitrogens with one attached hydrogen (secondary N) is 1. The van der Waals surface area contributed by atoms with Crippen molar-refractivity contribution in [1.82, 2.24) is 4.98 Å².